The van der Waals surface area contributed by atoms with Gasteiger partial charge in [-0.15, -0.1) is 0 Å². The molecule has 0 aliphatic rings. The molecule has 1 N–H and O–H groups in total. The second kappa shape index (κ2) is 7.56. The molecule has 4 heteroatoms. The van der Waals surface area contributed by atoms with Crippen LogP contribution in [0.2, 0.25) is 0 Å². The highest BCUT2D eigenvalue weighted by atomic mass is 16.6. The molecule has 0 radical (unpaired) electrons. The van der Waals surface area contributed by atoms with E-state index in [2.05, 4.69) is 5.32 Å². The zero-order valence-corrected chi connectivity index (χ0v) is 9.44. The van der Waals surface area contributed by atoms with Crippen molar-refractivity contribution in [2.75, 3.05) is 19.8 Å². The van der Waals surface area contributed by atoms with E-state index in [-0.39, 0.29) is 6.61 Å². The minimum atomic E-state index is -0.390. The van der Waals surface area contributed by atoms with Gasteiger partial charge < -0.3 is 14.8 Å². The summed E-state index contributed by atoms with van der Waals surface area (Å²) in [5.41, 5.74) is 0. The van der Waals surface area contributed by atoms with E-state index in [4.69, 9.17) is 9.47 Å². The molecule has 0 unspecified atom stereocenters. The van der Waals surface area contributed by atoms with Crippen LogP contribution in [0.1, 0.15) is 13.3 Å². The lowest BCUT2D eigenvalue weighted by atomic mass is 10.3. The summed E-state index contributed by atoms with van der Waals surface area (Å²) < 4.78 is 10.2. The van der Waals surface area contributed by atoms with E-state index in [1.807, 2.05) is 37.3 Å². The van der Waals surface area contributed by atoms with Crippen molar-refractivity contribution >= 4 is 6.09 Å². The van der Waals surface area contributed by atoms with Crippen LogP contribution in [0, 0.1) is 0 Å². The van der Waals surface area contributed by atoms with Crippen LogP contribution in [0.4, 0.5) is 4.79 Å². The van der Waals surface area contributed by atoms with E-state index in [1.165, 1.54) is 0 Å². The van der Waals surface area contributed by atoms with Gasteiger partial charge in [-0.05, 0) is 18.6 Å². The van der Waals surface area contributed by atoms with Crippen LogP contribution >= 0.6 is 0 Å². The highest BCUT2D eigenvalue weighted by molar-refractivity contribution is 5.66. The largest absolute Gasteiger partial charge is 0.490 e. The van der Waals surface area contributed by atoms with Crippen molar-refractivity contribution in [1.82, 2.24) is 5.32 Å². The Morgan fingerprint density at radius 2 is 2.00 bits per heavy atom. The Morgan fingerprint density at radius 1 is 1.25 bits per heavy atom. The Hall–Kier alpha value is -1.71. The molecule has 0 heterocycles. The van der Waals surface area contributed by atoms with Gasteiger partial charge >= 0.3 is 6.09 Å². The van der Waals surface area contributed by atoms with E-state index in [0.29, 0.717) is 13.2 Å². The molecule has 0 saturated carbocycles. The average Bonchev–Trinajstić information content (AvgIpc) is 2.33. The van der Waals surface area contributed by atoms with Crippen molar-refractivity contribution in [3.05, 3.63) is 30.3 Å². The van der Waals surface area contributed by atoms with E-state index in [1.54, 1.807) is 0 Å². The van der Waals surface area contributed by atoms with E-state index in [9.17, 15) is 4.79 Å². The molecular formula is C12H17NO3. The SMILES string of the molecule is CCCNC(=O)OCCOc1ccccc1. The van der Waals surface area contributed by atoms with Crippen LogP contribution in [0.5, 0.6) is 5.75 Å². The standard InChI is InChI=1S/C12H17NO3/c1-2-8-13-12(14)16-10-9-15-11-6-4-3-5-7-11/h3-7H,2,8-10H2,1H3,(H,13,14). The highest BCUT2D eigenvalue weighted by Crippen LogP contribution is 2.07. The fourth-order valence-corrected chi connectivity index (χ4v) is 1.09. The summed E-state index contributed by atoms with van der Waals surface area (Å²) in [5.74, 6) is 0.778. The summed E-state index contributed by atoms with van der Waals surface area (Å²) in [4.78, 5) is 11.0. The first kappa shape index (κ1) is 12.4. The second-order valence-electron chi connectivity index (χ2n) is 3.22. The van der Waals surface area contributed by atoms with Crippen LogP contribution in [-0.2, 0) is 4.74 Å². The van der Waals surface area contributed by atoms with Gasteiger partial charge in [-0.1, -0.05) is 25.1 Å². The van der Waals surface area contributed by atoms with Gasteiger partial charge in [0.2, 0.25) is 0 Å². The maximum absolute atomic E-state index is 11.0. The van der Waals surface area contributed by atoms with Crippen LogP contribution in [0.3, 0.4) is 0 Å². The van der Waals surface area contributed by atoms with Crippen molar-refractivity contribution in [3.63, 3.8) is 0 Å². The molecule has 1 amide bonds. The molecule has 0 fully saturated rings. The third kappa shape index (κ3) is 5.24. The summed E-state index contributed by atoms with van der Waals surface area (Å²) >= 11 is 0. The summed E-state index contributed by atoms with van der Waals surface area (Å²) in [7, 11) is 0. The average molecular weight is 223 g/mol. The minimum Gasteiger partial charge on any atom is -0.490 e. The maximum Gasteiger partial charge on any atom is 0.407 e. The topological polar surface area (TPSA) is 47.6 Å². The highest BCUT2D eigenvalue weighted by Gasteiger charge is 1.99. The smallest absolute Gasteiger partial charge is 0.407 e. The molecule has 16 heavy (non-hydrogen) atoms. The van der Waals surface area contributed by atoms with E-state index in [0.717, 1.165) is 12.2 Å². The number of hydrogen-bond acceptors (Lipinski definition) is 3. The molecule has 1 aromatic carbocycles. The number of para-hydroxylation sites is 1. The Morgan fingerprint density at radius 3 is 2.69 bits per heavy atom. The van der Waals surface area contributed by atoms with Crippen LogP contribution in [0.25, 0.3) is 0 Å². The first-order chi connectivity index (χ1) is 7.83. The Bertz CT molecular complexity index is 300. The molecule has 0 bridgehead atoms. The molecule has 0 atom stereocenters. The Kier molecular flexibility index (Phi) is 5.84. The molecule has 88 valence electrons. The summed E-state index contributed by atoms with van der Waals surface area (Å²) in [6, 6.07) is 9.42. The van der Waals surface area contributed by atoms with Crippen LogP contribution < -0.4 is 10.1 Å². The number of carbonyl (C=O) groups is 1. The Balaban J connectivity index is 2.06. The van der Waals surface area contributed by atoms with Gasteiger partial charge in [0.25, 0.3) is 0 Å². The fraction of sp³-hybridized carbons (Fsp3) is 0.417. The molecule has 0 saturated heterocycles. The number of alkyl carbamates (subject to hydrolysis) is 1. The van der Waals surface area contributed by atoms with Gasteiger partial charge in [0.1, 0.15) is 19.0 Å². The first-order valence-electron chi connectivity index (χ1n) is 5.41. The molecule has 0 aliphatic carbocycles. The van der Waals surface area contributed by atoms with Gasteiger partial charge in [-0.3, -0.25) is 0 Å². The molecule has 0 aliphatic heterocycles. The molecule has 4 nitrogen and oxygen atoms in total. The van der Waals surface area contributed by atoms with Crippen molar-refractivity contribution in [2.24, 2.45) is 0 Å². The predicted octanol–water partition coefficient (Wildman–Crippen LogP) is 2.20. The molecule has 0 spiro atoms. The first-order valence-corrected chi connectivity index (χ1v) is 5.41. The molecule has 1 rings (SSSR count). The third-order valence-corrected chi connectivity index (χ3v) is 1.85. The third-order valence-electron chi connectivity index (χ3n) is 1.85. The number of amides is 1. The summed E-state index contributed by atoms with van der Waals surface area (Å²) in [6.07, 6.45) is 0.508. The van der Waals surface area contributed by atoms with Crippen molar-refractivity contribution < 1.29 is 14.3 Å². The van der Waals surface area contributed by atoms with Crippen molar-refractivity contribution in [3.8, 4) is 5.75 Å². The number of carbonyl (C=O) groups excluding carboxylic acids is 1. The normalized spacial score (nSPS) is 9.56. The van der Waals surface area contributed by atoms with Crippen molar-refractivity contribution in [2.45, 2.75) is 13.3 Å². The second-order valence-corrected chi connectivity index (χ2v) is 3.22. The van der Waals surface area contributed by atoms with Crippen molar-refractivity contribution in [1.29, 1.82) is 0 Å². The fourth-order valence-electron chi connectivity index (χ4n) is 1.09. The zero-order valence-electron chi connectivity index (χ0n) is 9.44. The summed E-state index contributed by atoms with van der Waals surface area (Å²) in [6.45, 7) is 3.24. The predicted molar refractivity (Wildman–Crippen MR) is 61.6 cm³/mol. The zero-order chi connectivity index (χ0) is 11.6. The van der Waals surface area contributed by atoms with Gasteiger partial charge in [-0.2, -0.15) is 0 Å². The quantitative estimate of drug-likeness (QED) is 0.752. The summed E-state index contributed by atoms with van der Waals surface area (Å²) in [5, 5.41) is 2.61. The van der Waals surface area contributed by atoms with Gasteiger partial charge in [0.15, 0.2) is 0 Å². The Labute approximate surface area is 95.6 Å². The van der Waals surface area contributed by atoms with Crippen LogP contribution in [-0.4, -0.2) is 25.9 Å². The monoisotopic (exact) mass is 223 g/mol. The van der Waals surface area contributed by atoms with Gasteiger partial charge in [0.05, 0.1) is 0 Å². The van der Waals surface area contributed by atoms with Crippen LogP contribution in [0.15, 0.2) is 30.3 Å². The number of rotatable bonds is 6. The number of ether oxygens (including phenoxy) is 2. The van der Waals surface area contributed by atoms with E-state index < -0.39 is 6.09 Å². The number of benzene rings is 1. The lowest BCUT2D eigenvalue weighted by molar-refractivity contribution is 0.125. The molecular weight excluding hydrogens is 206 g/mol. The molecule has 0 aromatic heterocycles. The lowest BCUT2D eigenvalue weighted by Gasteiger charge is -2.07. The minimum absolute atomic E-state index is 0.254. The molecule has 1 aromatic rings. The van der Waals surface area contributed by atoms with Gasteiger partial charge in [0, 0.05) is 6.54 Å². The number of hydrogen-bond donors (Lipinski definition) is 1. The number of nitrogens with one attached hydrogen (secondary N) is 1. The maximum atomic E-state index is 11.0. The van der Waals surface area contributed by atoms with E-state index >= 15 is 0 Å². The van der Waals surface area contributed by atoms with Gasteiger partial charge in [-0.25, -0.2) is 4.79 Å². The lowest BCUT2D eigenvalue weighted by Crippen LogP contribution is -2.26.